The lowest BCUT2D eigenvalue weighted by Gasteiger charge is -2.54. The fourth-order valence-electron chi connectivity index (χ4n) is 4.19. The molecule has 0 aromatic heterocycles. The summed E-state index contributed by atoms with van der Waals surface area (Å²) < 4.78 is 18.3. The van der Waals surface area contributed by atoms with E-state index in [-0.39, 0.29) is 11.2 Å². The monoisotopic (exact) mass is 326 g/mol. The van der Waals surface area contributed by atoms with Gasteiger partial charge in [-0.1, -0.05) is 53.4 Å². The van der Waals surface area contributed by atoms with E-state index in [0.717, 1.165) is 39.3 Å². The van der Waals surface area contributed by atoms with Crippen LogP contribution in [0.15, 0.2) is 0 Å². The molecule has 136 valence electrons. The summed E-state index contributed by atoms with van der Waals surface area (Å²) >= 11 is 0. The van der Waals surface area contributed by atoms with Gasteiger partial charge in [-0.15, -0.1) is 0 Å². The first-order valence-electron chi connectivity index (χ1n) is 10.0. The van der Waals surface area contributed by atoms with Crippen molar-refractivity contribution < 1.29 is 14.2 Å². The Kier molecular flexibility index (Phi) is 7.37. The Morgan fingerprint density at radius 3 is 1.35 bits per heavy atom. The molecule has 0 N–H and O–H groups in total. The molecule has 2 saturated heterocycles. The quantitative estimate of drug-likeness (QED) is 0.506. The Hall–Kier alpha value is -0.120. The molecule has 23 heavy (non-hydrogen) atoms. The van der Waals surface area contributed by atoms with Gasteiger partial charge in [-0.3, -0.25) is 0 Å². The van der Waals surface area contributed by atoms with Crippen molar-refractivity contribution in [3.8, 4) is 0 Å². The Bertz CT molecular complexity index is 306. The van der Waals surface area contributed by atoms with Gasteiger partial charge in [0.1, 0.15) is 0 Å². The molecule has 2 heterocycles. The zero-order chi connectivity index (χ0) is 16.8. The molecule has 3 nitrogen and oxygen atoms in total. The maximum atomic E-state index is 7.18. The van der Waals surface area contributed by atoms with Crippen LogP contribution in [0.3, 0.4) is 0 Å². The highest BCUT2D eigenvalue weighted by atomic mass is 16.6. The van der Waals surface area contributed by atoms with Crippen LogP contribution in [-0.4, -0.2) is 37.6 Å². The van der Waals surface area contributed by atoms with Crippen LogP contribution in [-0.2, 0) is 14.2 Å². The topological polar surface area (TPSA) is 27.7 Å². The Morgan fingerprint density at radius 2 is 1.13 bits per heavy atom. The summed E-state index contributed by atoms with van der Waals surface area (Å²) in [5, 5.41) is 0. The third-order valence-corrected chi connectivity index (χ3v) is 6.27. The van der Waals surface area contributed by atoms with E-state index in [1.54, 1.807) is 0 Å². The Morgan fingerprint density at radius 1 is 0.739 bits per heavy atom. The first kappa shape index (κ1) is 19.2. The van der Waals surface area contributed by atoms with Gasteiger partial charge in [0.05, 0.1) is 37.6 Å². The van der Waals surface area contributed by atoms with Crippen molar-refractivity contribution in [1.29, 1.82) is 0 Å². The summed E-state index contributed by atoms with van der Waals surface area (Å²) in [5.74, 6) is 1.15. The van der Waals surface area contributed by atoms with Crippen LogP contribution in [0.2, 0.25) is 0 Å². The van der Waals surface area contributed by atoms with Gasteiger partial charge in [-0.2, -0.15) is 0 Å². The largest absolute Gasteiger partial charge is 0.380 e. The lowest BCUT2D eigenvalue weighted by molar-refractivity contribution is -0.275. The van der Waals surface area contributed by atoms with Gasteiger partial charge in [0.2, 0.25) is 0 Å². The predicted octanol–water partition coefficient (Wildman–Crippen LogP) is 4.97. The normalized spacial score (nSPS) is 24.5. The first-order chi connectivity index (χ1) is 11.2. The van der Waals surface area contributed by atoms with Gasteiger partial charge in [0.25, 0.3) is 0 Å². The van der Waals surface area contributed by atoms with Crippen LogP contribution in [0.4, 0.5) is 0 Å². The van der Waals surface area contributed by atoms with Gasteiger partial charge >= 0.3 is 0 Å². The molecule has 2 unspecified atom stereocenters. The summed E-state index contributed by atoms with van der Waals surface area (Å²) in [5.41, 5.74) is 0.0151. The maximum Gasteiger partial charge on any atom is 0.0759 e. The smallest absolute Gasteiger partial charge is 0.0759 e. The van der Waals surface area contributed by atoms with E-state index < -0.39 is 0 Å². The molecular weight excluding hydrogens is 288 g/mol. The predicted molar refractivity (Wildman–Crippen MR) is 94.8 cm³/mol. The van der Waals surface area contributed by atoms with E-state index in [1.807, 2.05) is 0 Å². The van der Waals surface area contributed by atoms with Crippen LogP contribution in [0, 0.1) is 11.8 Å². The van der Waals surface area contributed by atoms with Gasteiger partial charge in [-0.05, 0) is 25.7 Å². The minimum absolute atomic E-state index is 0.00754. The van der Waals surface area contributed by atoms with Crippen molar-refractivity contribution in [3.05, 3.63) is 0 Å². The van der Waals surface area contributed by atoms with Gasteiger partial charge in [-0.25, -0.2) is 0 Å². The number of hydrogen-bond donors (Lipinski definition) is 0. The van der Waals surface area contributed by atoms with Crippen LogP contribution in [0.25, 0.3) is 0 Å². The van der Waals surface area contributed by atoms with E-state index in [0.29, 0.717) is 11.8 Å². The summed E-state index contributed by atoms with van der Waals surface area (Å²) in [6.07, 6.45) is 9.52. The van der Waals surface area contributed by atoms with Crippen molar-refractivity contribution in [2.45, 2.75) is 90.3 Å². The molecule has 0 spiro atoms. The Balaban J connectivity index is 2.19. The van der Waals surface area contributed by atoms with Crippen LogP contribution >= 0.6 is 0 Å². The molecule has 0 amide bonds. The molecule has 2 aliphatic heterocycles. The average Bonchev–Trinajstić information content (AvgIpc) is 2.46. The number of unbranched alkanes of at least 4 members (excludes halogenated alkanes) is 2. The van der Waals surface area contributed by atoms with E-state index in [1.165, 1.54) is 38.5 Å². The first-order valence-corrected chi connectivity index (χ1v) is 10.0. The second-order valence-electron chi connectivity index (χ2n) is 7.61. The number of rotatable bonds is 12. The van der Waals surface area contributed by atoms with Gasteiger partial charge < -0.3 is 14.2 Å². The van der Waals surface area contributed by atoms with Crippen molar-refractivity contribution in [2.24, 2.45) is 11.8 Å². The molecule has 3 heteroatoms. The second kappa shape index (κ2) is 8.82. The number of hydrogen-bond acceptors (Lipinski definition) is 3. The summed E-state index contributed by atoms with van der Waals surface area (Å²) in [6, 6.07) is 0. The third-order valence-electron chi connectivity index (χ3n) is 6.27. The summed E-state index contributed by atoms with van der Waals surface area (Å²) in [6.45, 7) is 12.7. The molecular formula is C20H38O3. The highest BCUT2D eigenvalue weighted by Gasteiger charge is 2.51. The highest BCUT2D eigenvalue weighted by molar-refractivity contribution is 4.98. The SMILES string of the molecule is CCCCC(CC)(OC(CC)(CCCC)C1COC1)C1COC1. The molecule has 2 fully saturated rings. The maximum absolute atomic E-state index is 7.18. The molecule has 0 saturated carbocycles. The van der Waals surface area contributed by atoms with Crippen molar-refractivity contribution in [1.82, 2.24) is 0 Å². The third kappa shape index (κ3) is 4.11. The van der Waals surface area contributed by atoms with Crippen molar-refractivity contribution in [3.63, 3.8) is 0 Å². The molecule has 2 rings (SSSR count). The molecule has 0 aromatic rings. The fourth-order valence-corrected chi connectivity index (χ4v) is 4.19. The van der Waals surface area contributed by atoms with Crippen molar-refractivity contribution >= 4 is 0 Å². The van der Waals surface area contributed by atoms with Gasteiger partial charge in [0.15, 0.2) is 0 Å². The lowest BCUT2D eigenvalue weighted by Crippen LogP contribution is -2.59. The second-order valence-corrected chi connectivity index (χ2v) is 7.61. The van der Waals surface area contributed by atoms with E-state index in [9.17, 15) is 0 Å². The zero-order valence-corrected chi connectivity index (χ0v) is 15.9. The molecule has 2 atom stereocenters. The summed E-state index contributed by atoms with van der Waals surface area (Å²) in [4.78, 5) is 0. The van der Waals surface area contributed by atoms with Gasteiger partial charge in [0, 0.05) is 11.8 Å². The molecule has 0 bridgehead atoms. The Labute approximate surface area is 143 Å². The molecule has 0 aromatic carbocycles. The van der Waals surface area contributed by atoms with Crippen molar-refractivity contribution in [2.75, 3.05) is 26.4 Å². The number of ether oxygens (including phenoxy) is 3. The van der Waals surface area contributed by atoms with E-state index in [4.69, 9.17) is 14.2 Å². The molecule has 2 aliphatic rings. The molecule has 0 radical (unpaired) electrons. The highest BCUT2D eigenvalue weighted by Crippen LogP contribution is 2.46. The standard InChI is InChI=1S/C20H38O3/c1-5-9-11-19(7-3,17-13-21-14-17)23-20(8-4,12-10-6-2)18-15-22-16-18/h17-18H,5-16H2,1-4H3. The van der Waals surface area contributed by atoms with Crippen LogP contribution in [0.1, 0.15) is 79.1 Å². The average molecular weight is 327 g/mol. The minimum Gasteiger partial charge on any atom is -0.380 e. The lowest BCUT2D eigenvalue weighted by atomic mass is 9.75. The van der Waals surface area contributed by atoms with E-state index in [2.05, 4.69) is 27.7 Å². The van der Waals surface area contributed by atoms with Crippen LogP contribution in [0.5, 0.6) is 0 Å². The van der Waals surface area contributed by atoms with E-state index >= 15 is 0 Å². The van der Waals surface area contributed by atoms with Crippen LogP contribution < -0.4 is 0 Å². The fraction of sp³-hybridized carbons (Fsp3) is 1.00. The summed E-state index contributed by atoms with van der Waals surface area (Å²) in [7, 11) is 0. The molecule has 0 aliphatic carbocycles. The zero-order valence-electron chi connectivity index (χ0n) is 15.9. The minimum atomic E-state index is 0.00754.